The maximum atomic E-state index is 14.9. The number of aromatic nitrogens is 3. The summed E-state index contributed by atoms with van der Waals surface area (Å²) in [6.07, 6.45) is 6.34. The van der Waals surface area contributed by atoms with Gasteiger partial charge in [0.05, 0.1) is 17.5 Å². The third-order valence-electron chi connectivity index (χ3n) is 6.08. The van der Waals surface area contributed by atoms with Crippen LogP contribution in [0.1, 0.15) is 13.8 Å². The Balaban J connectivity index is 1.48. The predicted molar refractivity (Wildman–Crippen MR) is 153 cm³/mol. The Morgan fingerprint density at radius 2 is 1.88 bits per heavy atom. The molecule has 4 rings (SSSR count). The summed E-state index contributed by atoms with van der Waals surface area (Å²) < 4.78 is 35.9. The van der Waals surface area contributed by atoms with Gasteiger partial charge in [-0.25, -0.2) is 13.6 Å². The molecule has 2 aromatic heterocycles. The van der Waals surface area contributed by atoms with Gasteiger partial charge in [-0.3, -0.25) is 29.1 Å². The first-order chi connectivity index (χ1) is 20.0. The number of hydrogen-bond acceptors (Lipinski definition) is 6. The van der Waals surface area contributed by atoms with Crippen molar-refractivity contribution in [2.45, 2.75) is 19.9 Å². The minimum atomic E-state index is -0.861. The van der Waals surface area contributed by atoms with E-state index in [1.54, 1.807) is 56.2 Å². The van der Waals surface area contributed by atoms with Gasteiger partial charge in [0.25, 0.3) is 5.91 Å². The highest BCUT2D eigenvalue weighted by molar-refractivity contribution is 6.16. The molecule has 0 aliphatic heterocycles. The molecular weight excluding hydrogens is 546 g/mol. The first-order valence-electron chi connectivity index (χ1n) is 12.8. The Kier molecular flexibility index (Phi) is 9.05. The molecule has 2 heterocycles. The Morgan fingerprint density at radius 1 is 1.10 bits per heavy atom. The highest BCUT2D eigenvalue weighted by atomic mass is 19.1. The largest absolute Gasteiger partial charge is 0.454 e. The molecule has 0 aliphatic rings. The number of halogens is 2. The van der Waals surface area contributed by atoms with Crippen LogP contribution in [0.4, 0.5) is 25.0 Å². The van der Waals surface area contributed by atoms with Crippen molar-refractivity contribution in [3.63, 3.8) is 0 Å². The molecule has 0 saturated heterocycles. The molecule has 10 nitrogen and oxygen atoms in total. The van der Waals surface area contributed by atoms with Crippen molar-refractivity contribution in [2.75, 3.05) is 17.3 Å². The van der Waals surface area contributed by atoms with Gasteiger partial charge in [-0.05, 0) is 50.2 Å². The molecule has 4 aromatic rings. The summed E-state index contributed by atoms with van der Waals surface area (Å²) >= 11 is 0. The van der Waals surface area contributed by atoms with Gasteiger partial charge in [-0.15, -0.1) is 0 Å². The SMILES string of the molecule is CC(C)N(/C=C(\C=O)C(=O)Nc1ccc(Oc2ccnc(-c3cnn(C)c3)c2)c(F)c1)C(=O)N(C)c1cccc(F)c1. The number of carbonyl (C=O) groups excluding carboxylic acids is 3. The molecule has 1 N–H and O–H groups in total. The van der Waals surface area contributed by atoms with Gasteiger partial charge >= 0.3 is 6.03 Å². The maximum absolute atomic E-state index is 14.9. The summed E-state index contributed by atoms with van der Waals surface area (Å²) in [7, 11) is 3.22. The molecule has 0 spiro atoms. The van der Waals surface area contributed by atoms with Crippen molar-refractivity contribution >= 4 is 29.6 Å². The van der Waals surface area contributed by atoms with E-state index in [1.807, 2.05) is 0 Å². The number of nitrogens with zero attached hydrogens (tertiary/aromatic N) is 5. The Hall–Kier alpha value is -5.39. The topological polar surface area (TPSA) is 110 Å². The van der Waals surface area contributed by atoms with Crippen LogP contribution >= 0.6 is 0 Å². The molecule has 0 bridgehead atoms. The number of amides is 3. The normalized spacial score (nSPS) is 11.3. The predicted octanol–water partition coefficient (Wildman–Crippen LogP) is 5.54. The van der Waals surface area contributed by atoms with E-state index in [1.165, 1.54) is 53.4 Å². The molecule has 42 heavy (non-hydrogen) atoms. The zero-order valence-electron chi connectivity index (χ0n) is 23.3. The Labute approximate surface area is 240 Å². The monoisotopic (exact) mass is 574 g/mol. The lowest BCUT2D eigenvalue weighted by Crippen LogP contribution is -2.42. The van der Waals surface area contributed by atoms with Crippen LogP contribution in [-0.2, 0) is 16.6 Å². The maximum Gasteiger partial charge on any atom is 0.328 e. The van der Waals surface area contributed by atoms with E-state index in [-0.39, 0.29) is 29.0 Å². The van der Waals surface area contributed by atoms with E-state index in [0.717, 1.165) is 17.8 Å². The van der Waals surface area contributed by atoms with Gasteiger partial charge in [0.1, 0.15) is 11.6 Å². The van der Waals surface area contributed by atoms with Crippen molar-refractivity contribution in [2.24, 2.45) is 7.05 Å². The Morgan fingerprint density at radius 3 is 2.52 bits per heavy atom. The van der Waals surface area contributed by atoms with Crippen molar-refractivity contribution in [3.05, 3.63) is 96.6 Å². The number of rotatable bonds is 9. The lowest BCUT2D eigenvalue weighted by atomic mass is 10.2. The number of carbonyl (C=O) groups is 3. The fourth-order valence-electron chi connectivity index (χ4n) is 3.86. The van der Waals surface area contributed by atoms with E-state index in [0.29, 0.717) is 11.4 Å². The number of benzene rings is 2. The summed E-state index contributed by atoms with van der Waals surface area (Å²) in [6.45, 7) is 3.37. The first kappa shape index (κ1) is 29.6. The van der Waals surface area contributed by atoms with Crippen LogP contribution in [0, 0.1) is 11.6 Å². The second-order valence-electron chi connectivity index (χ2n) is 9.51. The molecule has 0 fully saturated rings. The lowest BCUT2D eigenvalue weighted by molar-refractivity contribution is -0.115. The number of aldehydes is 1. The van der Waals surface area contributed by atoms with Gasteiger partial charge < -0.3 is 10.1 Å². The number of aryl methyl sites for hydroxylation is 1. The molecule has 0 unspecified atom stereocenters. The first-order valence-corrected chi connectivity index (χ1v) is 12.8. The molecule has 0 radical (unpaired) electrons. The van der Waals surface area contributed by atoms with Crippen molar-refractivity contribution in [1.82, 2.24) is 19.7 Å². The zero-order chi connectivity index (χ0) is 30.4. The van der Waals surface area contributed by atoms with Crippen molar-refractivity contribution < 1.29 is 27.9 Å². The van der Waals surface area contributed by atoms with Gasteiger partial charge in [0, 0.05) is 67.8 Å². The third-order valence-corrected chi connectivity index (χ3v) is 6.08. The molecule has 0 aliphatic carbocycles. The highest BCUT2D eigenvalue weighted by Crippen LogP contribution is 2.29. The third kappa shape index (κ3) is 7.02. The smallest absolute Gasteiger partial charge is 0.328 e. The summed E-state index contributed by atoms with van der Waals surface area (Å²) in [6, 6.07) is 11.4. The van der Waals surface area contributed by atoms with Gasteiger partial charge in [-0.2, -0.15) is 5.10 Å². The second kappa shape index (κ2) is 12.9. The number of urea groups is 1. The fraction of sp³-hybridized carbons (Fsp3) is 0.167. The van der Waals surface area contributed by atoms with Crippen LogP contribution < -0.4 is 15.0 Å². The average molecular weight is 575 g/mol. The van der Waals surface area contributed by atoms with E-state index < -0.39 is 29.6 Å². The van der Waals surface area contributed by atoms with E-state index in [9.17, 15) is 23.2 Å². The molecule has 0 saturated carbocycles. The van der Waals surface area contributed by atoms with Gasteiger partial charge in [0.15, 0.2) is 17.9 Å². The molecule has 0 atom stereocenters. The fourth-order valence-corrected chi connectivity index (χ4v) is 3.86. The quantitative estimate of drug-likeness (QED) is 0.122. The summed E-state index contributed by atoms with van der Waals surface area (Å²) in [5.74, 6) is -1.91. The Bertz CT molecular complexity index is 1650. The molecule has 12 heteroatoms. The van der Waals surface area contributed by atoms with Crippen LogP contribution in [0.25, 0.3) is 11.3 Å². The minimum Gasteiger partial charge on any atom is -0.454 e. The van der Waals surface area contributed by atoms with Crippen LogP contribution in [0.5, 0.6) is 11.5 Å². The van der Waals surface area contributed by atoms with Gasteiger partial charge in [-0.1, -0.05) is 6.07 Å². The van der Waals surface area contributed by atoms with E-state index in [4.69, 9.17) is 4.74 Å². The summed E-state index contributed by atoms with van der Waals surface area (Å²) in [4.78, 5) is 44.5. The summed E-state index contributed by atoms with van der Waals surface area (Å²) in [5.41, 5.74) is 1.31. The second-order valence-corrected chi connectivity index (χ2v) is 9.51. The number of hydrogen-bond donors (Lipinski definition) is 1. The zero-order valence-corrected chi connectivity index (χ0v) is 23.3. The number of anilines is 2. The molecule has 2 aromatic carbocycles. The lowest BCUT2D eigenvalue weighted by Gasteiger charge is -2.29. The van der Waals surface area contributed by atoms with Gasteiger partial charge in [0.2, 0.25) is 0 Å². The summed E-state index contributed by atoms with van der Waals surface area (Å²) in [5, 5.41) is 6.57. The molecule has 3 amide bonds. The number of nitrogens with one attached hydrogen (secondary N) is 1. The van der Waals surface area contributed by atoms with Crippen LogP contribution in [-0.4, -0.2) is 51.0 Å². The standard InChI is InChI=1S/C30H28F2N6O4/c1-19(2)38(30(41)37(4)24-7-5-6-22(31)12-24)17-21(18-39)29(40)35-23-8-9-28(26(32)13-23)42-25-10-11-33-27(14-25)20-15-34-36(3)16-20/h5-19H,1-4H3,(H,35,40)/b21-17+. The minimum absolute atomic E-state index is 0.0580. The van der Waals surface area contributed by atoms with Crippen LogP contribution in [0.2, 0.25) is 0 Å². The molecular formula is C30H28F2N6O4. The highest BCUT2D eigenvalue weighted by Gasteiger charge is 2.23. The van der Waals surface area contributed by atoms with Crippen LogP contribution in [0.15, 0.2) is 85.0 Å². The number of ether oxygens (including phenoxy) is 1. The van der Waals surface area contributed by atoms with Crippen LogP contribution in [0.3, 0.4) is 0 Å². The number of pyridine rings is 1. The van der Waals surface area contributed by atoms with E-state index >= 15 is 0 Å². The van der Waals surface area contributed by atoms with Crippen molar-refractivity contribution in [1.29, 1.82) is 0 Å². The average Bonchev–Trinajstić information content (AvgIpc) is 3.40. The van der Waals surface area contributed by atoms with Crippen molar-refractivity contribution in [3.8, 4) is 22.8 Å². The molecule has 216 valence electrons. The van der Waals surface area contributed by atoms with E-state index in [2.05, 4.69) is 15.4 Å².